The Hall–Kier alpha value is -2.96. The molecule has 10 heteroatoms. The number of hydrogen-bond acceptors (Lipinski definition) is 5. The molecule has 0 spiro atoms. The van der Waals surface area contributed by atoms with Crippen molar-refractivity contribution in [1.29, 1.82) is 0 Å². The number of benzene rings is 1. The number of carbonyl (C=O) groups is 1. The molecule has 1 amide bonds. The van der Waals surface area contributed by atoms with Crippen molar-refractivity contribution in [3.8, 4) is 17.6 Å². The Balaban J connectivity index is 1.87. The van der Waals surface area contributed by atoms with Gasteiger partial charge in [0, 0.05) is 29.6 Å². The number of aromatic nitrogens is 1. The molecule has 2 heterocycles. The van der Waals surface area contributed by atoms with Gasteiger partial charge in [0.15, 0.2) is 5.60 Å². The number of amides is 1. The van der Waals surface area contributed by atoms with Crippen LogP contribution in [0.4, 0.5) is 23.7 Å². The number of carbonyl (C=O) groups excluding carboxylic acids is 1. The Morgan fingerprint density at radius 1 is 1.24 bits per heavy atom. The van der Waals surface area contributed by atoms with Gasteiger partial charge in [0.25, 0.3) is 0 Å². The van der Waals surface area contributed by atoms with E-state index in [1.807, 2.05) is 0 Å². The molecule has 2 N–H and O–H groups in total. The van der Waals surface area contributed by atoms with Crippen molar-refractivity contribution in [1.82, 2.24) is 4.98 Å². The van der Waals surface area contributed by atoms with Crippen molar-refractivity contribution in [3.63, 3.8) is 0 Å². The van der Waals surface area contributed by atoms with Crippen LogP contribution < -0.4 is 10.1 Å². The van der Waals surface area contributed by atoms with Crippen LogP contribution in [0.5, 0.6) is 5.75 Å². The highest BCUT2D eigenvalue weighted by atomic mass is 35.5. The first-order valence-corrected chi connectivity index (χ1v) is 12.1. The monoisotopic (exact) mass is 538 g/mol. The lowest BCUT2D eigenvalue weighted by molar-refractivity contribution is -0.264. The van der Waals surface area contributed by atoms with Gasteiger partial charge in [0.1, 0.15) is 11.4 Å². The van der Waals surface area contributed by atoms with Gasteiger partial charge in [-0.1, -0.05) is 37.3 Å². The molecule has 1 unspecified atom stereocenters. The number of fused-ring (bicyclic) bond motifs is 1. The molecule has 0 saturated heterocycles. The average Bonchev–Trinajstić information content (AvgIpc) is 3.20. The zero-order valence-corrected chi connectivity index (χ0v) is 22.1. The van der Waals surface area contributed by atoms with E-state index in [1.165, 1.54) is 18.5 Å². The fraction of sp³-hybridized carbons (Fsp3) is 0.481. The Kier molecular flexibility index (Phi) is 8.06. The smallest absolute Gasteiger partial charge is 0.418 e. The van der Waals surface area contributed by atoms with Gasteiger partial charge in [-0.25, -0.2) is 4.79 Å². The van der Waals surface area contributed by atoms with Crippen LogP contribution in [-0.2, 0) is 16.6 Å². The predicted molar refractivity (Wildman–Crippen MR) is 135 cm³/mol. The average molecular weight is 539 g/mol. The Labute approximate surface area is 219 Å². The summed E-state index contributed by atoms with van der Waals surface area (Å²) in [6.07, 6.45) is -3.97. The number of anilines is 1. The lowest BCUT2D eigenvalue weighted by atomic mass is 9.73. The van der Waals surface area contributed by atoms with Crippen LogP contribution in [0.25, 0.3) is 0 Å². The maximum atomic E-state index is 14.2. The highest BCUT2D eigenvalue weighted by Crippen LogP contribution is 2.47. The summed E-state index contributed by atoms with van der Waals surface area (Å²) < 4.78 is 53.4. The van der Waals surface area contributed by atoms with Crippen molar-refractivity contribution in [2.45, 2.75) is 76.7 Å². The molecule has 1 aromatic carbocycles. The number of nitrogens with zero attached hydrogens (tertiary/aromatic N) is 1. The molecule has 1 aliphatic heterocycles. The van der Waals surface area contributed by atoms with E-state index in [0.717, 1.165) is 5.56 Å². The molecule has 0 saturated carbocycles. The van der Waals surface area contributed by atoms with Gasteiger partial charge in [-0.15, -0.1) is 0 Å². The van der Waals surface area contributed by atoms with Gasteiger partial charge in [-0.05, 0) is 56.4 Å². The van der Waals surface area contributed by atoms with E-state index in [2.05, 4.69) is 22.1 Å². The predicted octanol–water partition coefficient (Wildman–Crippen LogP) is 6.42. The number of pyridine rings is 1. The second kappa shape index (κ2) is 10.4. The molecule has 200 valence electrons. The van der Waals surface area contributed by atoms with E-state index in [0.29, 0.717) is 29.4 Å². The van der Waals surface area contributed by atoms with Crippen LogP contribution in [-0.4, -0.2) is 40.2 Å². The van der Waals surface area contributed by atoms with Gasteiger partial charge >= 0.3 is 12.3 Å². The molecule has 1 aliphatic rings. The van der Waals surface area contributed by atoms with E-state index in [4.69, 9.17) is 21.1 Å². The normalized spacial score (nSPS) is 15.1. The molecule has 0 aliphatic carbocycles. The molecule has 37 heavy (non-hydrogen) atoms. The molecule has 6 nitrogen and oxygen atoms in total. The van der Waals surface area contributed by atoms with Crippen molar-refractivity contribution in [2.75, 3.05) is 11.9 Å². The van der Waals surface area contributed by atoms with E-state index in [-0.39, 0.29) is 11.3 Å². The largest absolute Gasteiger partial charge is 0.493 e. The summed E-state index contributed by atoms with van der Waals surface area (Å²) in [4.78, 5) is 16.0. The molecule has 1 atom stereocenters. The minimum atomic E-state index is -4.96. The zero-order valence-electron chi connectivity index (χ0n) is 21.3. The Bertz CT molecular complexity index is 1230. The summed E-state index contributed by atoms with van der Waals surface area (Å²) in [6.45, 7) is 8.71. The Morgan fingerprint density at radius 3 is 2.59 bits per heavy atom. The number of nitrogens with one attached hydrogen (secondary N) is 1. The minimum Gasteiger partial charge on any atom is -0.493 e. The molecular weight excluding hydrogens is 509 g/mol. The molecule has 3 rings (SSSR count). The van der Waals surface area contributed by atoms with Gasteiger partial charge in [0.05, 0.1) is 24.1 Å². The highest BCUT2D eigenvalue weighted by Gasteiger charge is 2.55. The third kappa shape index (κ3) is 7.08. The van der Waals surface area contributed by atoms with Gasteiger partial charge in [0.2, 0.25) is 0 Å². The molecule has 0 bridgehead atoms. The highest BCUT2D eigenvalue weighted by molar-refractivity contribution is 6.30. The topological polar surface area (TPSA) is 80.7 Å². The third-order valence-corrected chi connectivity index (χ3v) is 6.02. The number of aliphatic hydroxyl groups is 1. The van der Waals surface area contributed by atoms with Crippen molar-refractivity contribution >= 4 is 23.4 Å². The number of rotatable bonds is 5. The van der Waals surface area contributed by atoms with Crippen LogP contribution in [0.15, 0.2) is 30.6 Å². The number of alkyl halides is 3. The summed E-state index contributed by atoms with van der Waals surface area (Å²) >= 11 is 6.23. The number of halogens is 4. The van der Waals surface area contributed by atoms with E-state index in [9.17, 15) is 23.1 Å². The van der Waals surface area contributed by atoms with E-state index < -0.39 is 41.7 Å². The number of hydrogen-bond donors (Lipinski definition) is 2. The summed E-state index contributed by atoms with van der Waals surface area (Å²) in [5.41, 5.74) is -3.29. The van der Waals surface area contributed by atoms with Crippen LogP contribution in [0.2, 0.25) is 5.02 Å². The summed E-state index contributed by atoms with van der Waals surface area (Å²) in [6, 6.07) is 4.77. The molecule has 1 aromatic heterocycles. The van der Waals surface area contributed by atoms with Crippen molar-refractivity contribution in [2.24, 2.45) is 0 Å². The first-order valence-electron chi connectivity index (χ1n) is 11.7. The maximum Gasteiger partial charge on any atom is 0.418 e. The third-order valence-electron chi connectivity index (χ3n) is 5.80. The zero-order chi connectivity index (χ0) is 27.6. The summed E-state index contributed by atoms with van der Waals surface area (Å²) in [5.74, 6) is 5.58. The van der Waals surface area contributed by atoms with Crippen LogP contribution in [0.1, 0.15) is 64.2 Å². The molecule has 0 radical (unpaired) electrons. The standard InChI is InChI=1S/C27H30ClF3N2O4/c1-24(2,3)37-23(34)33-21-15-32-11-8-17(21)7-6-10-26(35,27(29,30)31)16-25(4,5)20-14-19(28)13-18-9-12-36-22(18)20/h8,11,13-15,35H,9-10,12,16H2,1-5H3,(H,33,34). The fourth-order valence-corrected chi connectivity index (χ4v) is 4.40. The minimum absolute atomic E-state index is 0.173. The van der Waals surface area contributed by atoms with Crippen molar-refractivity contribution < 1.29 is 32.5 Å². The molecule has 2 aromatic rings. The van der Waals surface area contributed by atoms with Crippen LogP contribution >= 0.6 is 11.6 Å². The van der Waals surface area contributed by atoms with Crippen LogP contribution in [0.3, 0.4) is 0 Å². The number of ether oxygens (including phenoxy) is 2. The molecule has 0 fully saturated rings. The van der Waals surface area contributed by atoms with Gasteiger partial charge < -0.3 is 14.6 Å². The first kappa shape index (κ1) is 28.6. The lowest BCUT2D eigenvalue weighted by Crippen LogP contribution is -2.49. The van der Waals surface area contributed by atoms with Gasteiger partial charge in [-0.3, -0.25) is 10.3 Å². The fourth-order valence-electron chi connectivity index (χ4n) is 4.16. The van der Waals surface area contributed by atoms with Gasteiger partial charge in [-0.2, -0.15) is 13.2 Å². The quantitative estimate of drug-likeness (QED) is 0.429. The Morgan fingerprint density at radius 2 is 1.95 bits per heavy atom. The summed E-state index contributed by atoms with van der Waals surface area (Å²) in [5, 5.41) is 13.8. The molecular formula is C27H30ClF3N2O4. The van der Waals surface area contributed by atoms with E-state index in [1.54, 1.807) is 46.8 Å². The SMILES string of the molecule is CC(C)(C)OC(=O)Nc1cnccc1C#CCC(O)(CC(C)(C)c1cc(Cl)cc2c1OCC2)C(F)(F)F. The maximum absolute atomic E-state index is 14.2. The first-order chi connectivity index (χ1) is 17.0. The van der Waals surface area contributed by atoms with Crippen molar-refractivity contribution in [3.05, 3.63) is 52.3 Å². The van der Waals surface area contributed by atoms with Crippen LogP contribution in [0, 0.1) is 11.8 Å². The second-order valence-corrected chi connectivity index (χ2v) is 11.1. The summed E-state index contributed by atoms with van der Waals surface area (Å²) in [7, 11) is 0. The lowest BCUT2D eigenvalue weighted by Gasteiger charge is -2.37. The second-order valence-electron chi connectivity index (χ2n) is 10.7. The van der Waals surface area contributed by atoms with E-state index >= 15 is 0 Å².